The fourth-order valence-electron chi connectivity index (χ4n) is 3.41. The predicted molar refractivity (Wildman–Crippen MR) is 114 cm³/mol. The summed E-state index contributed by atoms with van der Waals surface area (Å²) in [7, 11) is 3.21. The Kier molecular flexibility index (Phi) is 7.19. The van der Waals surface area contributed by atoms with Crippen molar-refractivity contribution in [3.05, 3.63) is 42.1 Å². The number of hydrogen-bond donors (Lipinski definition) is 1. The molecule has 2 unspecified atom stereocenters. The standard InChI is InChI=1S/C19H24N4O2.HI/c1-13-11-23(12-16(13)18(24)25-3)19(20-2)22-10-14-8-9-21-17-7-5-4-6-15(14)17;/h4-9,13,16H,10-12H2,1-3H3,(H,20,22);1H. The van der Waals surface area contributed by atoms with Gasteiger partial charge in [-0.05, 0) is 23.6 Å². The van der Waals surface area contributed by atoms with E-state index in [1.807, 2.05) is 30.5 Å². The van der Waals surface area contributed by atoms with Gasteiger partial charge in [0.1, 0.15) is 0 Å². The van der Waals surface area contributed by atoms with Crippen LogP contribution in [-0.4, -0.2) is 49.1 Å². The number of carbonyl (C=O) groups excluding carboxylic acids is 1. The van der Waals surface area contributed by atoms with Crippen molar-refractivity contribution in [1.82, 2.24) is 15.2 Å². The monoisotopic (exact) mass is 468 g/mol. The lowest BCUT2D eigenvalue weighted by Gasteiger charge is -2.21. The summed E-state index contributed by atoms with van der Waals surface area (Å²) in [6.07, 6.45) is 1.83. The molecular weight excluding hydrogens is 443 g/mol. The Bertz CT molecular complexity index is 791. The number of methoxy groups -OCH3 is 1. The van der Waals surface area contributed by atoms with Crippen molar-refractivity contribution in [3.63, 3.8) is 0 Å². The SMILES string of the molecule is CN=C(NCc1ccnc2ccccc12)N1CC(C)C(C(=O)OC)C1.I. The van der Waals surface area contributed by atoms with E-state index in [0.717, 1.165) is 23.4 Å². The summed E-state index contributed by atoms with van der Waals surface area (Å²) in [4.78, 5) is 22.8. The summed E-state index contributed by atoms with van der Waals surface area (Å²) in [6, 6.07) is 10.1. The quantitative estimate of drug-likeness (QED) is 0.325. The molecule has 0 saturated carbocycles. The number of aliphatic imine (C=N–C) groups is 1. The Balaban J connectivity index is 0.00000243. The first-order valence-electron chi connectivity index (χ1n) is 8.50. The van der Waals surface area contributed by atoms with E-state index >= 15 is 0 Å². The van der Waals surface area contributed by atoms with Crippen LogP contribution in [-0.2, 0) is 16.1 Å². The van der Waals surface area contributed by atoms with Gasteiger partial charge in [-0.3, -0.25) is 14.8 Å². The molecule has 0 bridgehead atoms. The summed E-state index contributed by atoms with van der Waals surface area (Å²) < 4.78 is 4.91. The lowest BCUT2D eigenvalue weighted by Crippen LogP contribution is -2.40. The molecule has 0 spiro atoms. The van der Waals surface area contributed by atoms with Gasteiger partial charge in [0, 0.05) is 38.3 Å². The van der Waals surface area contributed by atoms with E-state index in [4.69, 9.17) is 4.74 Å². The Morgan fingerprint density at radius 2 is 2.12 bits per heavy atom. The van der Waals surface area contributed by atoms with Crippen LogP contribution in [0.2, 0.25) is 0 Å². The third-order valence-electron chi connectivity index (χ3n) is 4.80. The van der Waals surface area contributed by atoms with E-state index in [1.165, 1.54) is 12.7 Å². The van der Waals surface area contributed by atoms with Crippen molar-refractivity contribution in [2.75, 3.05) is 27.2 Å². The molecule has 6 nitrogen and oxygen atoms in total. The van der Waals surface area contributed by atoms with Crippen LogP contribution < -0.4 is 5.32 Å². The van der Waals surface area contributed by atoms with Crippen LogP contribution in [0.25, 0.3) is 10.9 Å². The lowest BCUT2D eigenvalue weighted by atomic mass is 9.99. The number of fused-ring (bicyclic) bond motifs is 1. The number of hydrogen-bond acceptors (Lipinski definition) is 4. The molecule has 0 aliphatic carbocycles. The molecule has 3 rings (SSSR count). The largest absolute Gasteiger partial charge is 0.469 e. The van der Waals surface area contributed by atoms with Gasteiger partial charge in [0.2, 0.25) is 0 Å². The first-order valence-corrected chi connectivity index (χ1v) is 8.50. The number of nitrogens with one attached hydrogen (secondary N) is 1. The zero-order valence-corrected chi connectivity index (χ0v) is 17.6. The van der Waals surface area contributed by atoms with Crippen molar-refractivity contribution in [2.45, 2.75) is 13.5 Å². The van der Waals surface area contributed by atoms with E-state index in [9.17, 15) is 4.79 Å². The normalized spacial score (nSPS) is 20.0. The Morgan fingerprint density at radius 1 is 1.35 bits per heavy atom. The summed E-state index contributed by atoms with van der Waals surface area (Å²) in [5.74, 6) is 0.794. The third-order valence-corrected chi connectivity index (χ3v) is 4.80. The molecule has 26 heavy (non-hydrogen) atoms. The van der Waals surface area contributed by atoms with E-state index in [0.29, 0.717) is 13.1 Å². The molecule has 0 amide bonds. The Morgan fingerprint density at radius 3 is 2.85 bits per heavy atom. The average molecular weight is 468 g/mol. The molecule has 2 aromatic rings. The highest BCUT2D eigenvalue weighted by atomic mass is 127. The maximum Gasteiger partial charge on any atom is 0.310 e. The van der Waals surface area contributed by atoms with E-state index in [1.54, 1.807) is 7.05 Å². The number of likely N-dealkylation sites (tertiary alicyclic amines) is 1. The first-order chi connectivity index (χ1) is 12.1. The minimum Gasteiger partial charge on any atom is -0.469 e. The molecule has 7 heteroatoms. The second-order valence-electron chi connectivity index (χ2n) is 6.40. The van der Waals surface area contributed by atoms with Crippen LogP contribution in [0.4, 0.5) is 0 Å². The molecule has 2 heterocycles. The van der Waals surface area contributed by atoms with Gasteiger partial charge >= 0.3 is 5.97 Å². The number of aromatic nitrogens is 1. The van der Waals surface area contributed by atoms with Gasteiger partial charge < -0.3 is 15.0 Å². The molecule has 1 saturated heterocycles. The molecule has 1 aliphatic heterocycles. The van der Waals surface area contributed by atoms with Gasteiger partial charge in [-0.25, -0.2) is 0 Å². The number of pyridine rings is 1. The van der Waals surface area contributed by atoms with Crippen LogP contribution in [0.1, 0.15) is 12.5 Å². The topological polar surface area (TPSA) is 66.8 Å². The molecular formula is C19H25IN4O2. The number of rotatable bonds is 3. The summed E-state index contributed by atoms with van der Waals surface area (Å²) >= 11 is 0. The highest BCUT2D eigenvalue weighted by Crippen LogP contribution is 2.24. The Labute approximate surface area is 171 Å². The number of esters is 1. The molecule has 1 fully saturated rings. The third kappa shape index (κ3) is 4.25. The van der Waals surface area contributed by atoms with Crippen molar-refractivity contribution < 1.29 is 9.53 Å². The van der Waals surface area contributed by atoms with E-state index in [2.05, 4.69) is 33.2 Å². The number of guanidine groups is 1. The van der Waals surface area contributed by atoms with Gasteiger partial charge in [0.05, 0.1) is 18.5 Å². The zero-order valence-electron chi connectivity index (χ0n) is 15.3. The first kappa shape index (κ1) is 20.4. The zero-order chi connectivity index (χ0) is 17.8. The second kappa shape index (κ2) is 9.16. The van der Waals surface area contributed by atoms with Crippen molar-refractivity contribution in [1.29, 1.82) is 0 Å². The van der Waals surface area contributed by atoms with Crippen LogP contribution in [0, 0.1) is 11.8 Å². The molecule has 1 N–H and O–H groups in total. The fraction of sp³-hybridized carbons (Fsp3) is 0.421. The van der Waals surface area contributed by atoms with Gasteiger partial charge in [-0.15, -0.1) is 24.0 Å². The number of benzene rings is 1. The smallest absolute Gasteiger partial charge is 0.310 e. The summed E-state index contributed by atoms with van der Waals surface area (Å²) in [5.41, 5.74) is 2.15. The van der Waals surface area contributed by atoms with Crippen LogP contribution in [0.3, 0.4) is 0 Å². The average Bonchev–Trinajstić information content (AvgIpc) is 3.03. The number of ether oxygens (including phenoxy) is 1. The highest BCUT2D eigenvalue weighted by Gasteiger charge is 2.36. The van der Waals surface area contributed by atoms with E-state index in [-0.39, 0.29) is 41.8 Å². The van der Waals surface area contributed by atoms with E-state index < -0.39 is 0 Å². The van der Waals surface area contributed by atoms with Crippen molar-refractivity contribution in [3.8, 4) is 0 Å². The van der Waals surface area contributed by atoms with Crippen LogP contribution >= 0.6 is 24.0 Å². The molecule has 1 aromatic carbocycles. The number of para-hydroxylation sites is 1. The van der Waals surface area contributed by atoms with Gasteiger partial charge in [0.25, 0.3) is 0 Å². The summed E-state index contributed by atoms with van der Waals surface area (Å²) in [6.45, 7) is 4.15. The van der Waals surface area contributed by atoms with Crippen molar-refractivity contribution >= 4 is 46.8 Å². The highest BCUT2D eigenvalue weighted by molar-refractivity contribution is 14.0. The second-order valence-corrected chi connectivity index (χ2v) is 6.40. The Hall–Kier alpha value is -1.90. The predicted octanol–water partition coefficient (Wildman–Crippen LogP) is 2.67. The maximum absolute atomic E-state index is 11.9. The van der Waals surface area contributed by atoms with Gasteiger partial charge in [0.15, 0.2) is 5.96 Å². The minimum absolute atomic E-state index is 0. The summed E-state index contributed by atoms with van der Waals surface area (Å²) in [5, 5.41) is 4.55. The molecule has 140 valence electrons. The number of carbonyl (C=O) groups is 1. The van der Waals surface area contributed by atoms with Gasteiger partial charge in [-0.1, -0.05) is 25.1 Å². The van der Waals surface area contributed by atoms with Crippen LogP contribution in [0.5, 0.6) is 0 Å². The lowest BCUT2D eigenvalue weighted by molar-refractivity contribution is -0.145. The molecule has 0 radical (unpaired) electrons. The molecule has 1 aromatic heterocycles. The number of halogens is 1. The maximum atomic E-state index is 11.9. The van der Waals surface area contributed by atoms with Crippen molar-refractivity contribution in [2.24, 2.45) is 16.8 Å². The van der Waals surface area contributed by atoms with Gasteiger partial charge in [-0.2, -0.15) is 0 Å². The number of nitrogens with zero attached hydrogens (tertiary/aromatic N) is 3. The fourth-order valence-corrected chi connectivity index (χ4v) is 3.41. The van der Waals surface area contributed by atoms with Crippen LogP contribution in [0.15, 0.2) is 41.5 Å². The minimum atomic E-state index is -0.148. The molecule has 2 atom stereocenters. The molecule has 1 aliphatic rings.